The highest BCUT2D eigenvalue weighted by Gasteiger charge is 2.18. The number of morpholine rings is 1. The van der Waals surface area contributed by atoms with E-state index in [1.807, 2.05) is 6.92 Å². The molecular formula is C13H17FN2O2. The molecule has 1 aromatic carbocycles. The normalized spacial score (nSPS) is 19.6. The second kappa shape index (κ2) is 5.93. The zero-order chi connectivity index (χ0) is 13.0. The number of carbonyl (C=O) groups excluding carboxylic acids is 1. The largest absolute Gasteiger partial charge is 0.375 e. The van der Waals surface area contributed by atoms with E-state index in [4.69, 9.17) is 4.74 Å². The van der Waals surface area contributed by atoms with Crippen molar-refractivity contribution in [3.05, 3.63) is 29.6 Å². The molecule has 0 radical (unpaired) electrons. The number of carbonyl (C=O) groups is 1. The van der Waals surface area contributed by atoms with E-state index >= 15 is 0 Å². The van der Waals surface area contributed by atoms with E-state index in [0.717, 1.165) is 12.1 Å². The fraction of sp³-hybridized carbons (Fsp3) is 0.462. The van der Waals surface area contributed by atoms with Crippen LogP contribution in [0.1, 0.15) is 12.0 Å². The van der Waals surface area contributed by atoms with Gasteiger partial charge in [-0.1, -0.05) is 6.07 Å². The number of hydrogen-bond acceptors (Lipinski definition) is 3. The Morgan fingerprint density at radius 1 is 1.61 bits per heavy atom. The van der Waals surface area contributed by atoms with Crippen LogP contribution in [0.4, 0.5) is 10.1 Å². The number of ether oxygens (including phenoxy) is 1. The average molecular weight is 252 g/mol. The van der Waals surface area contributed by atoms with Crippen LogP contribution < -0.4 is 10.6 Å². The minimum absolute atomic E-state index is 0.133. The SMILES string of the molecule is Cc1ccc(F)c(NC(=O)CC2CNCCO2)c1. The minimum Gasteiger partial charge on any atom is -0.375 e. The standard InChI is InChI=1S/C13H17FN2O2/c1-9-2-3-11(14)12(6-9)16-13(17)7-10-8-15-4-5-18-10/h2-3,6,10,15H,4-5,7-8H2,1H3,(H,16,17). The van der Waals surface area contributed by atoms with Crippen molar-refractivity contribution in [2.45, 2.75) is 19.4 Å². The highest BCUT2D eigenvalue weighted by molar-refractivity contribution is 5.91. The van der Waals surface area contributed by atoms with Gasteiger partial charge < -0.3 is 15.4 Å². The summed E-state index contributed by atoms with van der Waals surface area (Å²) in [6, 6.07) is 4.63. The number of benzene rings is 1. The summed E-state index contributed by atoms with van der Waals surface area (Å²) in [5.41, 5.74) is 1.13. The molecule has 5 heteroatoms. The molecule has 1 aliphatic rings. The summed E-state index contributed by atoms with van der Waals surface area (Å²) in [4.78, 5) is 11.8. The van der Waals surface area contributed by atoms with E-state index in [9.17, 15) is 9.18 Å². The number of rotatable bonds is 3. The summed E-state index contributed by atoms with van der Waals surface area (Å²) in [6.07, 6.45) is 0.104. The Balaban J connectivity index is 1.92. The Bertz CT molecular complexity index is 431. The van der Waals surface area contributed by atoms with E-state index in [1.165, 1.54) is 6.07 Å². The first-order valence-corrected chi connectivity index (χ1v) is 6.03. The fourth-order valence-electron chi connectivity index (χ4n) is 1.89. The Kier molecular flexibility index (Phi) is 4.28. The van der Waals surface area contributed by atoms with Gasteiger partial charge in [-0.05, 0) is 24.6 Å². The molecule has 0 aromatic heterocycles. The quantitative estimate of drug-likeness (QED) is 0.856. The van der Waals surface area contributed by atoms with Crippen LogP contribution in [-0.2, 0) is 9.53 Å². The zero-order valence-corrected chi connectivity index (χ0v) is 10.3. The van der Waals surface area contributed by atoms with Gasteiger partial charge in [0.15, 0.2) is 0 Å². The molecule has 1 amide bonds. The van der Waals surface area contributed by atoms with Gasteiger partial charge in [-0.15, -0.1) is 0 Å². The summed E-state index contributed by atoms with van der Waals surface area (Å²) in [5.74, 6) is -0.648. The van der Waals surface area contributed by atoms with Gasteiger partial charge in [0.1, 0.15) is 5.82 Å². The van der Waals surface area contributed by atoms with Crippen molar-refractivity contribution in [1.82, 2.24) is 5.32 Å². The summed E-state index contributed by atoms with van der Waals surface area (Å²) < 4.78 is 18.9. The molecule has 2 N–H and O–H groups in total. The lowest BCUT2D eigenvalue weighted by Gasteiger charge is -2.23. The molecule has 98 valence electrons. The van der Waals surface area contributed by atoms with Crippen LogP contribution in [0.3, 0.4) is 0 Å². The molecule has 4 nitrogen and oxygen atoms in total. The van der Waals surface area contributed by atoms with Crippen molar-refractivity contribution in [3.63, 3.8) is 0 Å². The van der Waals surface area contributed by atoms with E-state index < -0.39 is 5.82 Å². The van der Waals surface area contributed by atoms with Gasteiger partial charge in [-0.25, -0.2) is 4.39 Å². The van der Waals surface area contributed by atoms with E-state index in [-0.39, 0.29) is 24.1 Å². The molecule has 1 aromatic rings. The first kappa shape index (κ1) is 13.0. The van der Waals surface area contributed by atoms with E-state index in [0.29, 0.717) is 13.2 Å². The Labute approximate surface area is 106 Å². The van der Waals surface area contributed by atoms with Gasteiger partial charge in [-0.3, -0.25) is 4.79 Å². The lowest BCUT2D eigenvalue weighted by Crippen LogP contribution is -2.40. The van der Waals surface area contributed by atoms with Crippen LogP contribution in [0.15, 0.2) is 18.2 Å². The Hall–Kier alpha value is -1.46. The molecule has 18 heavy (non-hydrogen) atoms. The highest BCUT2D eigenvalue weighted by atomic mass is 19.1. The average Bonchev–Trinajstić information content (AvgIpc) is 2.35. The third-order valence-corrected chi connectivity index (χ3v) is 2.81. The molecule has 1 fully saturated rings. The van der Waals surface area contributed by atoms with Crippen molar-refractivity contribution in [2.24, 2.45) is 0 Å². The van der Waals surface area contributed by atoms with Crippen molar-refractivity contribution >= 4 is 11.6 Å². The number of nitrogens with one attached hydrogen (secondary N) is 2. The summed E-state index contributed by atoms with van der Waals surface area (Å²) in [5, 5.41) is 5.72. The number of aryl methyl sites for hydroxylation is 1. The van der Waals surface area contributed by atoms with Crippen molar-refractivity contribution in [1.29, 1.82) is 0 Å². The second-order valence-corrected chi connectivity index (χ2v) is 4.43. The van der Waals surface area contributed by atoms with Crippen LogP contribution in [0.25, 0.3) is 0 Å². The summed E-state index contributed by atoms with van der Waals surface area (Å²) >= 11 is 0. The maximum Gasteiger partial charge on any atom is 0.227 e. The van der Waals surface area contributed by atoms with Crippen LogP contribution in [0.5, 0.6) is 0 Å². The lowest BCUT2D eigenvalue weighted by atomic mass is 10.2. The smallest absolute Gasteiger partial charge is 0.227 e. The minimum atomic E-state index is -0.420. The van der Waals surface area contributed by atoms with Crippen molar-refractivity contribution in [3.8, 4) is 0 Å². The zero-order valence-electron chi connectivity index (χ0n) is 10.3. The Morgan fingerprint density at radius 2 is 2.44 bits per heavy atom. The maximum absolute atomic E-state index is 13.5. The van der Waals surface area contributed by atoms with E-state index in [2.05, 4.69) is 10.6 Å². The molecule has 1 saturated heterocycles. The van der Waals surface area contributed by atoms with Gasteiger partial charge in [0, 0.05) is 13.1 Å². The van der Waals surface area contributed by atoms with Crippen LogP contribution in [0, 0.1) is 12.7 Å². The Morgan fingerprint density at radius 3 is 3.17 bits per heavy atom. The van der Waals surface area contributed by atoms with Gasteiger partial charge >= 0.3 is 0 Å². The fourth-order valence-corrected chi connectivity index (χ4v) is 1.89. The third-order valence-electron chi connectivity index (χ3n) is 2.81. The highest BCUT2D eigenvalue weighted by Crippen LogP contribution is 2.16. The molecule has 1 atom stereocenters. The molecule has 0 spiro atoms. The third kappa shape index (κ3) is 3.51. The molecular weight excluding hydrogens is 235 g/mol. The van der Waals surface area contributed by atoms with E-state index in [1.54, 1.807) is 12.1 Å². The van der Waals surface area contributed by atoms with Crippen molar-refractivity contribution in [2.75, 3.05) is 25.0 Å². The molecule has 0 bridgehead atoms. The molecule has 2 rings (SSSR count). The van der Waals surface area contributed by atoms with Gasteiger partial charge in [-0.2, -0.15) is 0 Å². The maximum atomic E-state index is 13.5. The van der Waals surface area contributed by atoms with Gasteiger partial charge in [0.25, 0.3) is 0 Å². The predicted octanol–water partition coefficient (Wildman–Crippen LogP) is 1.45. The molecule has 0 saturated carbocycles. The van der Waals surface area contributed by atoms with Crippen LogP contribution >= 0.6 is 0 Å². The van der Waals surface area contributed by atoms with Gasteiger partial charge in [0.2, 0.25) is 5.91 Å². The summed E-state index contributed by atoms with van der Waals surface area (Å²) in [7, 11) is 0. The first-order chi connectivity index (χ1) is 8.65. The van der Waals surface area contributed by atoms with Crippen LogP contribution in [-0.4, -0.2) is 31.7 Å². The number of anilines is 1. The summed E-state index contributed by atoms with van der Waals surface area (Å²) in [6.45, 7) is 3.92. The number of halogens is 1. The lowest BCUT2D eigenvalue weighted by molar-refractivity contribution is -0.119. The van der Waals surface area contributed by atoms with Crippen molar-refractivity contribution < 1.29 is 13.9 Å². The van der Waals surface area contributed by atoms with Gasteiger partial charge in [0.05, 0.1) is 24.8 Å². The number of amides is 1. The molecule has 1 heterocycles. The monoisotopic (exact) mass is 252 g/mol. The van der Waals surface area contributed by atoms with Crippen LogP contribution in [0.2, 0.25) is 0 Å². The second-order valence-electron chi connectivity index (χ2n) is 4.43. The predicted molar refractivity (Wildman–Crippen MR) is 67.0 cm³/mol. The number of hydrogen-bond donors (Lipinski definition) is 2. The molecule has 1 unspecified atom stereocenters. The topological polar surface area (TPSA) is 50.4 Å². The molecule has 1 aliphatic heterocycles. The first-order valence-electron chi connectivity index (χ1n) is 6.03. The molecule has 0 aliphatic carbocycles.